The van der Waals surface area contributed by atoms with Gasteiger partial charge in [-0.15, -0.1) is 0 Å². The average molecular weight is 735 g/mol. The van der Waals surface area contributed by atoms with Crippen LogP contribution in [0.1, 0.15) is 133 Å². The molecule has 0 radical (unpaired) electrons. The van der Waals surface area contributed by atoms with Crippen molar-refractivity contribution >= 4 is 17.9 Å². The first-order chi connectivity index (χ1) is 24.7. The van der Waals surface area contributed by atoms with E-state index in [1.54, 1.807) is 20.8 Å². The Morgan fingerprint density at radius 2 is 1.55 bits per heavy atom. The Balaban J connectivity index is 1.55. The Morgan fingerprint density at radius 1 is 0.868 bits per heavy atom. The minimum absolute atomic E-state index is 0.00949. The second kappa shape index (κ2) is 15.6. The van der Waals surface area contributed by atoms with Gasteiger partial charge < -0.3 is 24.4 Å². The second-order valence-electron chi connectivity index (χ2n) is 18.8. The van der Waals surface area contributed by atoms with Crippen molar-refractivity contribution in [2.24, 2.45) is 45.3 Å². The number of allylic oxidation sites excluding steroid dienone is 2. The molecule has 4 aliphatic rings. The Bertz CT molecular complexity index is 1580. The molecular formula is C45H66O8. The second-order valence-corrected chi connectivity index (χ2v) is 18.8. The highest BCUT2D eigenvalue weighted by Crippen LogP contribution is 2.74. The summed E-state index contributed by atoms with van der Waals surface area (Å²) in [5.74, 6) is -1.24. The van der Waals surface area contributed by atoms with Crippen LogP contribution in [0.3, 0.4) is 0 Å². The highest BCUT2D eigenvalue weighted by molar-refractivity contribution is 5.90. The van der Waals surface area contributed by atoms with E-state index >= 15 is 0 Å². The monoisotopic (exact) mass is 734 g/mol. The molecule has 1 unspecified atom stereocenters. The molecule has 4 aliphatic carbocycles. The van der Waals surface area contributed by atoms with E-state index in [9.17, 15) is 24.6 Å². The molecule has 53 heavy (non-hydrogen) atoms. The largest absolute Gasteiger partial charge is 0.458 e. The highest BCUT2D eigenvalue weighted by Gasteiger charge is 2.71. The summed E-state index contributed by atoms with van der Waals surface area (Å²) in [5, 5.41) is 23.2. The number of carbonyl (C=O) groups excluding carboxylic acids is 3. The van der Waals surface area contributed by atoms with Crippen LogP contribution in [-0.4, -0.2) is 53.2 Å². The topological polar surface area (TPSA) is 119 Å². The van der Waals surface area contributed by atoms with Crippen LogP contribution < -0.4 is 0 Å². The predicted molar refractivity (Wildman–Crippen MR) is 205 cm³/mol. The minimum atomic E-state index is -0.757. The van der Waals surface area contributed by atoms with Crippen LogP contribution in [0.2, 0.25) is 0 Å². The zero-order valence-corrected chi connectivity index (χ0v) is 34.1. The molecule has 0 spiro atoms. The fraction of sp³-hybridized carbons (Fsp3) is 0.711. The van der Waals surface area contributed by atoms with Gasteiger partial charge in [0.25, 0.3) is 0 Å². The first-order valence-electron chi connectivity index (χ1n) is 20.0. The standard InChI is InChI=1S/C45H66O8/c1-27(2)31(17-16-30-14-12-11-13-15-30)18-19-32(40(49)51-26-52-41(50)42(5,6)7)38-34-24-36(48)39-43(8)22-21-35(47)28(3)33(43)20-23-44(39,9)45(34,10)25-37(38)53-29(4)46/h11-15,28,33-37,39,47-48H,16-26H2,1-10H3/t28-,33?,34+,35+,36+,37-,39+,43-,44-,45-/m0/s1. The van der Waals surface area contributed by atoms with Crippen LogP contribution in [0.15, 0.2) is 52.6 Å². The molecule has 0 aliphatic heterocycles. The number of ether oxygens (including phenoxy) is 3. The Kier molecular flexibility index (Phi) is 12.2. The van der Waals surface area contributed by atoms with Gasteiger partial charge in [-0.1, -0.05) is 69.2 Å². The molecule has 5 rings (SSSR count). The lowest BCUT2D eigenvalue weighted by Gasteiger charge is -2.69. The lowest BCUT2D eigenvalue weighted by atomic mass is 9.36. The summed E-state index contributed by atoms with van der Waals surface area (Å²) >= 11 is 0. The van der Waals surface area contributed by atoms with E-state index in [0.717, 1.165) is 44.1 Å². The molecule has 294 valence electrons. The molecule has 2 N–H and O–H groups in total. The molecule has 0 bridgehead atoms. The SMILES string of the molecule is CC(=O)O[C@H]1C[C@@]2(C)[C@H](C[C@@H](O)[C@@H]3[C@@]4(C)CC[C@@H](O)[C@@H](C)C4CC[C@@]32C)C1=C(CCC(CCc1ccccc1)=C(C)C)C(=O)OCOC(=O)C(C)(C)C. The first kappa shape index (κ1) is 41.2. The van der Waals surface area contributed by atoms with Gasteiger partial charge in [0.1, 0.15) is 6.10 Å². The lowest BCUT2D eigenvalue weighted by Crippen LogP contribution is -2.65. The predicted octanol–water partition coefficient (Wildman–Crippen LogP) is 8.67. The number of aliphatic hydroxyl groups is 2. The summed E-state index contributed by atoms with van der Waals surface area (Å²) in [7, 11) is 0. The summed E-state index contributed by atoms with van der Waals surface area (Å²) in [6, 6.07) is 10.4. The van der Waals surface area contributed by atoms with E-state index < -0.39 is 47.7 Å². The van der Waals surface area contributed by atoms with Crippen molar-refractivity contribution in [3.8, 4) is 0 Å². The van der Waals surface area contributed by atoms with E-state index in [1.165, 1.54) is 23.6 Å². The van der Waals surface area contributed by atoms with Crippen LogP contribution >= 0.6 is 0 Å². The van der Waals surface area contributed by atoms with Crippen LogP contribution in [0, 0.1) is 45.3 Å². The molecule has 4 saturated carbocycles. The van der Waals surface area contributed by atoms with Gasteiger partial charge in [0.2, 0.25) is 6.79 Å². The summed E-state index contributed by atoms with van der Waals surface area (Å²) in [5.41, 5.74) is 3.28. The fourth-order valence-electron chi connectivity index (χ4n) is 11.6. The molecule has 8 heteroatoms. The molecule has 0 heterocycles. The number of aryl methyl sites for hydroxylation is 1. The number of esters is 3. The number of aliphatic hydroxyl groups excluding tert-OH is 2. The van der Waals surface area contributed by atoms with E-state index in [4.69, 9.17) is 14.2 Å². The summed E-state index contributed by atoms with van der Waals surface area (Å²) in [6.07, 6.45) is 5.49. The van der Waals surface area contributed by atoms with Gasteiger partial charge in [-0.05, 0) is 150 Å². The molecule has 4 fully saturated rings. The van der Waals surface area contributed by atoms with Gasteiger partial charge in [-0.25, -0.2) is 4.79 Å². The molecular weight excluding hydrogens is 668 g/mol. The molecule has 10 atom stereocenters. The molecule has 0 aromatic heterocycles. The molecule has 0 saturated heterocycles. The Morgan fingerprint density at radius 3 is 2.17 bits per heavy atom. The normalized spacial score (nSPS) is 36.0. The average Bonchev–Trinajstić information content (AvgIpc) is 3.35. The Labute approximate surface area is 318 Å². The van der Waals surface area contributed by atoms with Crippen LogP contribution in [0.5, 0.6) is 0 Å². The van der Waals surface area contributed by atoms with Gasteiger partial charge in [-0.3, -0.25) is 9.59 Å². The van der Waals surface area contributed by atoms with E-state index in [-0.39, 0.29) is 34.7 Å². The number of hydrogen-bond donors (Lipinski definition) is 2. The molecule has 1 aromatic rings. The number of hydrogen-bond acceptors (Lipinski definition) is 8. The quantitative estimate of drug-likeness (QED) is 0.106. The van der Waals surface area contributed by atoms with E-state index in [0.29, 0.717) is 37.2 Å². The van der Waals surface area contributed by atoms with E-state index in [2.05, 4.69) is 53.7 Å². The van der Waals surface area contributed by atoms with Crippen LogP contribution in [-0.2, 0) is 35.0 Å². The third-order valence-electron chi connectivity index (χ3n) is 14.5. The van der Waals surface area contributed by atoms with Crippen molar-refractivity contribution in [2.75, 3.05) is 6.79 Å². The van der Waals surface area contributed by atoms with Crippen molar-refractivity contribution in [2.45, 2.75) is 152 Å². The van der Waals surface area contributed by atoms with Gasteiger partial charge in [-0.2, -0.15) is 0 Å². The maximum atomic E-state index is 14.4. The first-order valence-corrected chi connectivity index (χ1v) is 20.0. The fourth-order valence-corrected chi connectivity index (χ4v) is 11.6. The maximum absolute atomic E-state index is 14.4. The van der Waals surface area contributed by atoms with Crippen molar-refractivity contribution in [1.29, 1.82) is 0 Å². The third-order valence-corrected chi connectivity index (χ3v) is 14.5. The Hall–Kier alpha value is -2.97. The zero-order valence-electron chi connectivity index (χ0n) is 34.1. The number of carbonyl (C=O) groups is 3. The maximum Gasteiger partial charge on any atom is 0.336 e. The third kappa shape index (κ3) is 7.92. The van der Waals surface area contributed by atoms with Gasteiger partial charge >= 0.3 is 17.9 Å². The zero-order chi connectivity index (χ0) is 39.1. The summed E-state index contributed by atoms with van der Waals surface area (Å²) in [4.78, 5) is 39.8. The van der Waals surface area contributed by atoms with Crippen molar-refractivity contribution < 1.29 is 38.8 Å². The van der Waals surface area contributed by atoms with Crippen molar-refractivity contribution in [3.05, 3.63) is 58.2 Å². The smallest absolute Gasteiger partial charge is 0.336 e. The number of benzene rings is 1. The van der Waals surface area contributed by atoms with Gasteiger partial charge in [0.05, 0.1) is 17.6 Å². The summed E-state index contributed by atoms with van der Waals surface area (Å²) in [6.45, 7) is 19.5. The van der Waals surface area contributed by atoms with Gasteiger partial charge in [0, 0.05) is 12.5 Å². The van der Waals surface area contributed by atoms with Gasteiger partial charge in [0.15, 0.2) is 0 Å². The molecule has 8 nitrogen and oxygen atoms in total. The lowest BCUT2D eigenvalue weighted by molar-refractivity contribution is -0.234. The van der Waals surface area contributed by atoms with Crippen molar-refractivity contribution in [1.82, 2.24) is 0 Å². The molecule has 1 aromatic carbocycles. The highest BCUT2D eigenvalue weighted by atomic mass is 16.7. The van der Waals surface area contributed by atoms with Crippen molar-refractivity contribution in [3.63, 3.8) is 0 Å². The number of fused-ring (bicyclic) bond motifs is 5. The summed E-state index contributed by atoms with van der Waals surface area (Å²) < 4.78 is 17.3. The van der Waals surface area contributed by atoms with Crippen LogP contribution in [0.25, 0.3) is 0 Å². The van der Waals surface area contributed by atoms with Crippen LogP contribution in [0.4, 0.5) is 0 Å². The molecule has 0 amide bonds. The number of rotatable bonds is 10. The van der Waals surface area contributed by atoms with E-state index in [1.807, 2.05) is 18.2 Å². The minimum Gasteiger partial charge on any atom is -0.458 e.